The quantitative estimate of drug-likeness (QED) is 0.326. The zero-order chi connectivity index (χ0) is 23.8. The maximum atomic E-state index is 12.5. The van der Waals surface area contributed by atoms with Gasteiger partial charge in [-0.15, -0.1) is 0 Å². The van der Waals surface area contributed by atoms with Crippen LogP contribution < -0.4 is 4.74 Å². The molecular weight excluding hydrogens is 436 g/mol. The number of carbonyl (C=O) groups excluding carboxylic acids is 2. The standard InChI is InChI=1S/C31H30O4/c32-29(15-16-30(33)35-23-14-13-20-7-1-2-8-21(20)17-23)34-19-22-18-28-24-9-3-5-11-26(24)31(22)27-12-6-4-10-25(27)28/h3-6,9-14,17,22,28,31H,1-2,7-8,15-16,18-19H2. The van der Waals surface area contributed by atoms with Crippen LogP contribution in [0.3, 0.4) is 0 Å². The Labute approximate surface area is 206 Å². The first-order valence-electron chi connectivity index (χ1n) is 12.8. The number of hydrogen-bond acceptors (Lipinski definition) is 4. The fraction of sp³-hybridized carbons (Fsp3) is 0.355. The van der Waals surface area contributed by atoms with Gasteiger partial charge in [0.25, 0.3) is 0 Å². The predicted octanol–water partition coefficient (Wildman–Crippen LogP) is 6.09. The van der Waals surface area contributed by atoms with Gasteiger partial charge < -0.3 is 9.47 Å². The van der Waals surface area contributed by atoms with Crippen molar-refractivity contribution in [3.63, 3.8) is 0 Å². The molecule has 4 heteroatoms. The topological polar surface area (TPSA) is 52.6 Å². The number of rotatable bonds is 6. The van der Waals surface area contributed by atoms with E-state index >= 15 is 0 Å². The van der Waals surface area contributed by atoms with Crippen molar-refractivity contribution in [1.29, 1.82) is 0 Å². The Bertz CT molecular complexity index is 1230. The summed E-state index contributed by atoms with van der Waals surface area (Å²) in [5.74, 6) is 0.681. The molecule has 0 heterocycles. The Balaban J connectivity index is 1.05. The van der Waals surface area contributed by atoms with Crippen molar-refractivity contribution in [3.05, 3.63) is 100 Å². The van der Waals surface area contributed by atoms with Gasteiger partial charge in [-0.3, -0.25) is 9.59 Å². The third-order valence-electron chi connectivity index (χ3n) is 7.97. The summed E-state index contributed by atoms with van der Waals surface area (Å²) in [5, 5.41) is 0. The van der Waals surface area contributed by atoms with Gasteiger partial charge >= 0.3 is 11.9 Å². The number of ether oxygens (including phenoxy) is 2. The third-order valence-corrected chi connectivity index (χ3v) is 7.97. The molecule has 4 aliphatic rings. The van der Waals surface area contributed by atoms with E-state index in [0.29, 0.717) is 18.3 Å². The van der Waals surface area contributed by atoms with Crippen LogP contribution in [0.4, 0.5) is 0 Å². The summed E-state index contributed by atoms with van der Waals surface area (Å²) in [6.45, 7) is 0.378. The van der Waals surface area contributed by atoms with Crippen LogP contribution in [-0.2, 0) is 27.2 Å². The van der Waals surface area contributed by atoms with Crippen LogP contribution in [0.2, 0.25) is 0 Å². The average Bonchev–Trinajstić information content (AvgIpc) is 2.91. The molecule has 0 saturated carbocycles. The molecule has 0 N–H and O–H groups in total. The van der Waals surface area contributed by atoms with E-state index in [0.717, 1.165) is 19.3 Å². The molecule has 35 heavy (non-hydrogen) atoms. The lowest BCUT2D eigenvalue weighted by Gasteiger charge is -2.45. The Morgan fingerprint density at radius 2 is 1.37 bits per heavy atom. The fourth-order valence-corrected chi connectivity index (χ4v) is 6.35. The molecule has 0 aromatic heterocycles. The summed E-state index contributed by atoms with van der Waals surface area (Å²) in [6.07, 6.45) is 5.56. The van der Waals surface area contributed by atoms with Crippen LogP contribution in [0.25, 0.3) is 0 Å². The number of fused-ring (bicyclic) bond motifs is 2. The first kappa shape index (κ1) is 22.1. The second kappa shape index (κ2) is 9.33. The van der Waals surface area contributed by atoms with Crippen LogP contribution in [0.5, 0.6) is 5.75 Å². The molecule has 0 saturated heterocycles. The van der Waals surface area contributed by atoms with Gasteiger partial charge in [0.2, 0.25) is 0 Å². The van der Waals surface area contributed by atoms with Crippen LogP contribution in [0.15, 0.2) is 66.7 Å². The Morgan fingerprint density at radius 3 is 2.09 bits per heavy atom. The second-order valence-electron chi connectivity index (χ2n) is 10.1. The summed E-state index contributed by atoms with van der Waals surface area (Å²) in [6, 6.07) is 23.2. The van der Waals surface area contributed by atoms with Gasteiger partial charge in [-0.2, -0.15) is 0 Å². The highest BCUT2D eigenvalue weighted by molar-refractivity contribution is 5.79. The van der Waals surface area contributed by atoms with Gasteiger partial charge in [0, 0.05) is 17.8 Å². The predicted molar refractivity (Wildman–Crippen MR) is 134 cm³/mol. The molecule has 3 aromatic rings. The zero-order valence-corrected chi connectivity index (χ0v) is 19.9. The summed E-state index contributed by atoms with van der Waals surface area (Å²) in [7, 11) is 0. The second-order valence-corrected chi connectivity index (χ2v) is 10.1. The zero-order valence-electron chi connectivity index (χ0n) is 19.9. The van der Waals surface area contributed by atoms with E-state index in [1.807, 2.05) is 12.1 Å². The highest BCUT2D eigenvalue weighted by Gasteiger charge is 2.43. The minimum absolute atomic E-state index is 0.0261. The van der Waals surface area contributed by atoms with Crippen LogP contribution >= 0.6 is 0 Å². The van der Waals surface area contributed by atoms with Gasteiger partial charge in [-0.25, -0.2) is 0 Å². The Kier molecular flexibility index (Phi) is 5.89. The summed E-state index contributed by atoms with van der Waals surface area (Å²) < 4.78 is 11.2. The molecule has 3 aromatic carbocycles. The average molecular weight is 467 g/mol. The van der Waals surface area contributed by atoms with Crippen LogP contribution in [-0.4, -0.2) is 18.5 Å². The highest BCUT2D eigenvalue weighted by Crippen LogP contribution is 2.55. The van der Waals surface area contributed by atoms with E-state index < -0.39 is 5.97 Å². The van der Waals surface area contributed by atoms with Gasteiger partial charge in [-0.1, -0.05) is 54.6 Å². The molecule has 0 radical (unpaired) electrons. The molecule has 0 spiro atoms. The SMILES string of the molecule is O=C(CCC(=O)Oc1ccc2c(c1)CCCC2)OCC1CC2c3ccccc3C1c1ccccc12. The molecule has 1 atom stereocenters. The molecule has 0 aliphatic heterocycles. The summed E-state index contributed by atoms with van der Waals surface area (Å²) in [5.41, 5.74) is 8.15. The number of carbonyl (C=O) groups is 2. The molecule has 0 fully saturated rings. The fourth-order valence-electron chi connectivity index (χ4n) is 6.35. The Hall–Kier alpha value is -3.40. The van der Waals surface area contributed by atoms with Crippen molar-refractivity contribution in [1.82, 2.24) is 0 Å². The monoisotopic (exact) mass is 466 g/mol. The summed E-state index contributed by atoms with van der Waals surface area (Å²) in [4.78, 5) is 24.8. The first-order chi connectivity index (χ1) is 17.2. The van der Waals surface area contributed by atoms with Crippen molar-refractivity contribution in [2.24, 2.45) is 5.92 Å². The number of aryl methyl sites for hydroxylation is 2. The van der Waals surface area contributed by atoms with Crippen molar-refractivity contribution in [3.8, 4) is 5.75 Å². The van der Waals surface area contributed by atoms with Gasteiger partial charge in [-0.05, 0) is 77.6 Å². The summed E-state index contributed by atoms with van der Waals surface area (Å²) >= 11 is 0. The van der Waals surface area contributed by atoms with Crippen molar-refractivity contribution in [2.45, 2.75) is 56.8 Å². The molecule has 1 unspecified atom stereocenters. The highest BCUT2D eigenvalue weighted by atomic mass is 16.5. The van der Waals surface area contributed by atoms with Gasteiger partial charge in [0.15, 0.2) is 0 Å². The minimum Gasteiger partial charge on any atom is -0.465 e. The van der Waals surface area contributed by atoms with E-state index in [9.17, 15) is 9.59 Å². The first-order valence-corrected chi connectivity index (χ1v) is 12.8. The molecule has 4 nitrogen and oxygen atoms in total. The smallest absolute Gasteiger partial charge is 0.311 e. The van der Waals surface area contributed by atoms with E-state index in [2.05, 4.69) is 54.6 Å². The number of esters is 2. The molecular formula is C31H30O4. The lowest BCUT2D eigenvalue weighted by atomic mass is 9.59. The number of benzene rings is 3. The maximum Gasteiger partial charge on any atom is 0.311 e. The maximum absolute atomic E-state index is 12.5. The van der Waals surface area contributed by atoms with Crippen molar-refractivity contribution < 1.29 is 19.1 Å². The lowest BCUT2D eigenvalue weighted by molar-refractivity contribution is -0.148. The molecule has 4 aliphatic carbocycles. The molecule has 178 valence electrons. The minimum atomic E-state index is -0.391. The van der Waals surface area contributed by atoms with Gasteiger partial charge in [0.1, 0.15) is 5.75 Å². The van der Waals surface area contributed by atoms with E-state index in [-0.39, 0.29) is 30.6 Å². The largest absolute Gasteiger partial charge is 0.465 e. The van der Waals surface area contributed by atoms with E-state index in [1.54, 1.807) is 0 Å². The molecule has 0 amide bonds. The number of hydrogen-bond donors (Lipinski definition) is 0. The van der Waals surface area contributed by atoms with Crippen LogP contribution in [0.1, 0.15) is 77.3 Å². The lowest BCUT2D eigenvalue weighted by Crippen LogP contribution is -2.35. The van der Waals surface area contributed by atoms with E-state index in [1.165, 1.54) is 46.2 Å². The normalized spacial score (nSPS) is 21.4. The van der Waals surface area contributed by atoms with E-state index in [4.69, 9.17) is 9.47 Å². The molecule has 2 bridgehead atoms. The van der Waals surface area contributed by atoms with Gasteiger partial charge in [0.05, 0.1) is 19.4 Å². The van der Waals surface area contributed by atoms with Crippen molar-refractivity contribution in [2.75, 3.05) is 6.61 Å². The molecule has 7 rings (SSSR count). The third kappa shape index (κ3) is 4.27. The van der Waals surface area contributed by atoms with Crippen LogP contribution in [0, 0.1) is 5.92 Å². The Morgan fingerprint density at radius 1 is 0.743 bits per heavy atom. The van der Waals surface area contributed by atoms with Crippen molar-refractivity contribution >= 4 is 11.9 Å².